The van der Waals surface area contributed by atoms with Crippen molar-refractivity contribution >= 4 is 67.8 Å². The zero-order chi connectivity index (χ0) is 27.8. The van der Waals surface area contributed by atoms with Crippen LogP contribution in [-0.2, 0) is 10.0 Å². The second-order valence-electron chi connectivity index (χ2n) is 7.94. The predicted octanol–water partition coefficient (Wildman–Crippen LogP) is 5.27. The van der Waals surface area contributed by atoms with Crippen LogP contribution < -0.4 is 0 Å². The van der Waals surface area contributed by atoms with Crippen molar-refractivity contribution in [1.82, 2.24) is 4.31 Å². The molecule has 0 aliphatic carbocycles. The van der Waals surface area contributed by atoms with Crippen LogP contribution in [0.4, 0.5) is 11.4 Å². The minimum absolute atomic E-state index is 0.0907. The highest BCUT2D eigenvalue weighted by atomic mass is 35.6. The number of nitro groups is 2. The van der Waals surface area contributed by atoms with Crippen LogP contribution in [0.25, 0.3) is 0 Å². The Morgan fingerprint density at radius 1 is 0.868 bits per heavy atom. The number of hydrogen-bond acceptors (Lipinski definition) is 8. The number of benzene rings is 3. The van der Waals surface area contributed by atoms with Crippen molar-refractivity contribution in [3.63, 3.8) is 0 Å². The van der Waals surface area contributed by atoms with Crippen LogP contribution in [0, 0.1) is 20.2 Å². The van der Waals surface area contributed by atoms with E-state index in [1.807, 2.05) is 0 Å². The summed E-state index contributed by atoms with van der Waals surface area (Å²) in [5, 5.41) is 22.8. The van der Waals surface area contributed by atoms with Crippen LogP contribution in [-0.4, -0.2) is 44.0 Å². The third kappa shape index (κ3) is 5.07. The number of hydrogen-bond donors (Lipinski definition) is 0. The van der Waals surface area contributed by atoms with E-state index in [1.165, 1.54) is 36.4 Å². The monoisotopic (exact) mass is 596 g/mol. The van der Waals surface area contributed by atoms with Gasteiger partial charge in [-0.15, -0.1) is 0 Å². The lowest BCUT2D eigenvalue weighted by Crippen LogP contribution is -2.50. The SMILES string of the molecule is O=C(c1ccccc1)[C@@H]1[C@@H](c2ccc([N+](=O)[O-])cc2)N=C(C(Cl)(Cl)Cl)N1S(=O)(=O)c1ccccc1[N+](=O)[O-]. The molecule has 0 fully saturated rings. The van der Waals surface area contributed by atoms with Gasteiger partial charge in [0.25, 0.3) is 21.4 Å². The zero-order valence-corrected chi connectivity index (χ0v) is 21.9. The standard InChI is InChI=1S/C23H15Cl3N4O7S/c24-23(25,26)22-27-19(14-10-12-16(13-11-14)29(32)33)20(21(31)15-6-2-1-3-7-15)28(22)38(36,37)18-9-5-4-8-17(18)30(34)35/h1-13,19-20H/t19-,20+/m1/s1. The fraction of sp³-hybridized carbons (Fsp3) is 0.130. The number of aliphatic imine (C=N–C) groups is 1. The van der Waals surface area contributed by atoms with Gasteiger partial charge in [0.2, 0.25) is 3.79 Å². The molecule has 1 aliphatic rings. The third-order valence-corrected chi connectivity index (χ3v) is 7.97. The van der Waals surface area contributed by atoms with Gasteiger partial charge in [0.15, 0.2) is 16.5 Å². The van der Waals surface area contributed by atoms with Crippen molar-refractivity contribution in [2.24, 2.45) is 4.99 Å². The van der Waals surface area contributed by atoms with Crippen LogP contribution >= 0.6 is 34.8 Å². The summed E-state index contributed by atoms with van der Waals surface area (Å²) in [7, 11) is -4.93. The molecule has 0 radical (unpaired) electrons. The summed E-state index contributed by atoms with van der Waals surface area (Å²) in [5.41, 5.74) is -0.724. The van der Waals surface area contributed by atoms with Crippen LogP contribution in [0.1, 0.15) is 22.0 Å². The number of halogens is 3. The van der Waals surface area contributed by atoms with Crippen LogP contribution in [0.15, 0.2) is 88.8 Å². The summed E-state index contributed by atoms with van der Waals surface area (Å²) in [5.74, 6) is -1.41. The average molecular weight is 598 g/mol. The quantitative estimate of drug-likeness (QED) is 0.156. The number of nitrogens with zero attached hydrogens (tertiary/aromatic N) is 4. The number of carbonyl (C=O) groups excluding carboxylic acids is 1. The smallest absolute Gasteiger partial charge is 0.289 e. The van der Waals surface area contributed by atoms with Gasteiger partial charge in [-0.25, -0.2) is 12.7 Å². The van der Waals surface area contributed by atoms with Gasteiger partial charge < -0.3 is 0 Å². The van der Waals surface area contributed by atoms with Gasteiger partial charge in [-0.3, -0.25) is 30.0 Å². The molecule has 0 saturated carbocycles. The number of alkyl halides is 3. The molecule has 0 spiro atoms. The highest BCUT2D eigenvalue weighted by Gasteiger charge is 2.54. The molecule has 38 heavy (non-hydrogen) atoms. The highest BCUT2D eigenvalue weighted by molar-refractivity contribution is 7.90. The first-order chi connectivity index (χ1) is 17.8. The van der Waals surface area contributed by atoms with E-state index < -0.39 is 57.9 Å². The predicted molar refractivity (Wildman–Crippen MR) is 140 cm³/mol. The number of rotatable bonds is 7. The molecule has 0 aromatic heterocycles. The Bertz CT molecular complexity index is 1560. The lowest BCUT2D eigenvalue weighted by Gasteiger charge is -2.30. The Kier molecular flexibility index (Phi) is 7.44. The van der Waals surface area contributed by atoms with Crippen LogP contribution in [0.3, 0.4) is 0 Å². The molecule has 4 rings (SSSR count). The largest absolute Gasteiger partial charge is 0.292 e. The highest BCUT2D eigenvalue weighted by Crippen LogP contribution is 2.44. The van der Waals surface area contributed by atoms with E-state index in [1.54, 1.807) is 18.2 Å². The van der Waals surface area contributed by atoms with Gasteiger partial charge in [0, 0.05) is 23.8 Å². The first-order valence-corrected chi connectivity index (χ1v) is 13.2. The lowest BCUT2D eigenvalue weighted by atomic mass is 9.94. The number of Topliss-reactive ketones (excluding diaryl/α,β-unsaturated/α-hetero) is 1. The van der Waals surface area contributed by atoms with Crippen LogP contribution in [0.2, 0.25) is 0 Å². The summed E-state index contributed by atoms with van der Waals surface area (Å²) in [6.45, 7) is 0. The van der Waals surface area contributed by atoms with E-state index in [0.717, 1.165) is 24.3 Å². The Hall–Kier alpha value is -3.58. The van der Waals surface area contributed by atoms with E-state index in [4.69, 9.17) is 34.8 Å². The molecule has 0 bridgehead atoms. The molecule has 0 unspecified atom stereocenters. The fourth-order valence-corrected chi connectivity index (χ4v) is 6.35. The Labute approximate surface area is 230 Å². The summed E-state index contributed by atoms with van der Waals surface area (Å²) in [6.07, 6.45) is 0. The maximum absolute atomic E-state index is 14.0. The summed E-state index contributed by atoms with van der Waals surface area (Å²) >= 11 is 18.4. The van der Waals surface area contributed by atoms with Gasteiger partial charge in [-0.05, 0) is 23.8 Å². The Morgan fingerprint density at radius 3 is 2.00 bits per heavy atom. The molecule has 11 nitrogen and oxygen atoms in total. The molecule has 3 aromatic carbocycles. The van der Waals surface area contributed by atoms with Crippen LogP contribution in [0.5, 0.6) is 0 Å². The van der Waals surface area contributed by atoms with E-state index in [0.29, 0.717) is 4.31 Å². The van der Waals surface area contributed by atoms with Gasteiger partial charge in [-0.2, -0.15) is 0 Å². The molecule has 0 N–H and O–H groups in total. The van der Waals surface area contributed by atoms with Gasteiger partial charge in [0.05, 0.1) is 9.85 Å². The number of para-hydroxylation sites is 1. The second-order valence-corrected chi connectivity index (χ2v) is 12.0. The first-order valence-electron chi connectivity index (χ1n) is 10.6. The molecule has 0 saturated heterocycles. The maximum atomic E-state index is 14.0. The number of nitro benzene ring substituents is 2. The number of non-ortho nitro benzene ring substituents is 1. The number of carbonyl (C=O) groups is 1. The number of ketones is 1. The molecule has 0 amide bonds. The summed E-state index contributed by atoms with van der Waals surface area (Å²) in [4.78, 5) is 38.6. The molecule has 1 heterocycles. The molecule has 3 aromatic rings. The summed E-state index contributed by atoms with van der Waals surface area (Å²) < 4.78 is 26.0. The summed E-state index contributed by atoms with van der Waals surface area (Å²) in [6, 6.07) is 14.1. The minimum Gasteiger partial charge on any atom is -0.292 e. The average Bonchev–Trinajstić information content (AvgIpc) is 3.31. The normalized spacial score (nSPS) is 17.7. The first kappa shape index (κ1) is 27.5. The van der Waals surface area contributed by atoms with E-state index in [-0.39, 0.29) is 16.8 Å². The topological polar surface area (TPSA) is 153 Å². The van der Waals surface area contributed by atoms with Gasteiger partial charge in [-0.1, -0.05) is 77.3 Å². The second kappa shape index (κ2) is 10.3. The lowest BCUT2D eigenvalue weighted by molar-refractivity contribution is -0.387. The molecule has 196 valence electrons. The Morgan fingerprint density at radius 2 is 1.45 bits per heavy atom. The molecular formula is C23H15Cl3N4O7S. The molecule has 1 aliphatic heterocycles. The van der Waals surface area contributed by atoms with E-state index in [9.17, 15) is 33.4 Å². The zero-order valence-electron chi connectivity index (χ0n) is 18.8. The van der Waals surface area contributed by atoms with Crippen molar-refractivity contribution < 1.29 is 23.1 Å². The van der Waals surface area contributed by atoms with Crippen molar-refractivity contribution in [3.05, 3.63) is 110 Å². The van der Waals surface area contributed by atoms with Gasteiger partial charge in [0.1, 0.15) is 12.1 Å². The van der Waals surface area contributed by atoms with E-state index in [2.05, 4.69) is 4.99 Å². The van der Waals surface area contributed by atoms with Crippen molar-refractivity contribution in [3.8, 4) is 0 Å². The van der Waals surface area contributed by atoms with Gasteiger partial charge >= 0.3 is 0 Å². The third-order valence-electron chi connectivity index (χ3n) is 5.65. The number of amidine groups is 1. The van der Waals surface area contributed by atoms with Crippen molar-refractivity contribution in [1.29, 1.82) is 0 Å². The maximum Gasteiger partial charge on any atom is 0.289 e. The fourth-order valence-electron chi connectivity index (χ4n) is 3.99. The molecule has 2 atom stereocenters. The van der Waals surface area contributed by atoms with E-state index >= 15 is 0 Å². The number of sulfonamides is 1. The minimum atomic E-state index is -4.93. The molecular weight excluding hydrogens is 583 g/mol. The Balaban J connectivity index is 1.98. The molecule has 15 heteroatoms. The van der Waals surface area contributed by atoms with Crippen molar-refractivity contribution in [2.45, 2.75) is 20.8 Å². The van der Waals surface area contributed by atoms with Crippen molar-refractivity contribution in [2.75, 3.05) is 0 Å².